The Hall–Kier alpha value is -2.47. The number of piperazine rings is 1. The minimum absolute atomic E-state index is 0.0822. The number of aryl methyl sites for hydroxylation is 1. The third-order valence-electron chi connectivity index (χ3n) is 5.29. The lowest BCUT2D eigenvalue weighted by molar-refractivity contribution is -0.114. The lowest BCUT2D eigenvalue weighted by Gasteiger charge is -2.31. The van der Waals surface area contributed by atoms with Crippen molar-refractivity contribution in [2.45, 2.75) is 11.8 Å². The molecule has 0 saturated carbocycles. The Bertz CT molecular complexity index is 1190. The molecule has 174 valence electrons. The van der Waals surface area contributed by atoms with Gasteiger partial charge in [-0.15, -0.1) is 0 Å². The van der Waals surface area contributed by atoms with Gasteiger partial charge in [0.1, 0.15) is 6.54 Å². The maximum atomic E-state index is 13.0. The second-order valence-corrected chi connectivity index (χ2v) is 11.7. The van der Waals surface area contributed by atoms with Crippen molar-refractivity contribution in [3.05, 3.63) is 54.1 Å². The van der Waals surface area contributed by atoms with Crippen LogP contribution < -0.4 is 9.62 Å². The zero-order chi connectivity index (χ0) is 23.5. The van der Waals surface area contributed by atoms with E-state index in [9.17, 15) is 21.6 Å². The largest absolute Gasteiger partial charge is 0.324 e. The minimum atomic E-state index is -3.71. The highest BCUT2D eigenvalue weighted by Crippen LogP contribution is 2.23. The molecule has 0 radical (unpaired) electrons. The number of anilines is 2. The zero-order valence-electron chi connectivity index (χ0n) is 18.4. The molecule has 1 aliphatic rings. The predicted octanol–water partition coefficient (Wildman–Crippen LogP) is 1.34. The number of para-hydroxylation sites is 1. The van der Waals surface area contributed by atoms with Gasteiger partial charge in [0, 0.05) is 31.9 Å². The molecule has 0 aromatic heterocycles. The van der Waals surface area contributed by atoms with Crippen LogP contribution in [0.5, 0.6) is 0 Å². The van der Waals surface area contributed by atoms with E-state index in [1.54, 1.807) is 43.3 Å². The third-order valence-corrected chi connectivity index (χ3v) is 8.31. The number of likely N-dealkylation sites (N-methyl/N-ethyl adjacent to an activating group) is 1. The van der Waals surface area contributed by atoms with E-state index < -0.39 is 32.5 Å². The van der Waals surface area contributed by atoms with Crippen LogP contribution in [0.25, 0.3) is 0 Å². The molecule has 0 aliphatic carbocycles. The first-order valence-corrected chi connectivity index (χ1v) is 13.4. The van der Waals surface area contributed by atoms with Crippen molar-refractivity contribution in [1.82, 2.24) is 9.21 Å². The molecule has 0 atom stereocenters. The van der Waals surface area contributed by atoms with Gasteiger partial charge in [0.25, 0.3) is 0 Å². The van der Waals surface area contributed by atoms with E-state index in [2.05, 4.69) is 10.2 Å². The second kappa shape index (κ2) is 9.57. The van der Waals surface area contributed by atoms with E-state index in [0.29, 0.717) is 37.4 Å². The summed E-state index contributed by atoms with van der Waals surface area (Å²) >= 11 is 0. The molecular formula is C21H28N4O5S2. The van der Waals surface area contributed by atoms with Crippen LogP contribution >= 0.6 is 0 Å². The first kappa shape index (κ1) is 24.2. The van der Waals surface area contributed by atoms with Crippen LogP contribution in [0.1, 0.15) is 5.56 Å². The fourth-order valence-electron chi connectivity index (χ4n) is 3.47. The molecule has 9 nitrogen and oxygen atoms in total. The van der Waals surface area contributed by atoms with Gasteiger partial charge in [-0.3, -0.25) is 9.10 Å². The first-order chi connectivity index (χ1) is 15.0. The van der Waals surface area contributed by atoms with Crippen LogP contribution in [0.2, 0.25) is 0 Å². The number of carbonyl (C=O) groups is 1. The van der Waals surface area contributed by atoms with Gasteiger partial charge in [-0.25, -0.2) is 16.8 Å². The molecule has 32 heavy (non-hydrogen) atoms. The number of hydrogen-bond donors (Lipinski definition) is 1. The van der Waals surface area contributed by atoms with Gasteiger partial charge in [0.05, 0.1) is 16.8 Å². The van der Waals surface area contributed by atoms with Crippen molar-refractivity contribution in [2.24, 2.45) is 0 Å². The van der Waals surface area contributed by atoms with Gasteiger partial charge in [-0.2, -0.15) is 4.31 Å². The summed E-state index contributed by atoms with van der Waals surface area (Å²) in [5.41, 5.74) is 1.41. The Morgan fingerprint density at radius 2 is 1.66 bits per heavy atom. The highest BCUT2D eigenvalue weighted by Gasteiger charge is 2.28. The van der Waals surface area contributed by atoms with E-state index in [1.165, 1.54) is 16.4 Å². The summed E-state index contributed by atoms with van der Waals surface area (Å²) in [7, 11) is -5.46. The van der Waals surface area contributed by atoms with Gasteiger partial charge in [0.2, 0.25) is 26.0 Å². The monoisotopic (exact) mass is 480 g/mol. The van der Waals surface area contributed by atoms with E-state index >= 15 is 0 Å². The number of carbonyl (C=O) groups excluding carboxylic acids is 1. The SMILES string of the molecule is Cc1ccccc1N(CC(=O)Nc1cccc(S(=O)(=O)N2CCN(C)CC2)c1)S(C)(=O)=O. The van der Waals surface area contributed by atoms with Gasteiger partial charge < -0.3 is 10.2 Å². The van der Waals surface area contributed by atoms with E-state index in [1.807, 2.05) is 7.05 Å². The van der Waals surface area contributed by atoms with Crippen LogP contribution in [0, 0.1) is 6.92 Å². The molecule has 0 bridgehead atoms. The topological polar surface area (TPSA) is 107 Å². The molecule has 2 aromatic carbocycles. The Morgan fingerprint density at radius 3 is 2.28 bits per heavy atom. The van der Waals surface area contributed by atoms with Crippen LogP contribution in [-0.4, -0.2) is 78.0 Å². The fraction of sp³-hybridized carbons (Fsp3) is 0.381. The lowest BCUT2D eigenvalue weighted by Crippen LogP contribution is -2.47. The summed E-state index contributed by atoms with van der Waals surface area (Å²) < 4.78 is 53.0. The molecule has 1 heterocycles. The number of hydrogen-bond acceptors (Lipinski definition) is 6. The Morgan fingerprint density at radius 1 is 1.00 bits per heavy atom. The molecule has 3 rings (SSSR count). The molecule has 1 amide bonds. The molecule has 1 aliphatic heterocycles. The Kier molecular flexibility index (Phi) is 7.23. The Labute approximate surface area is 189 Å². The van der Waals surface area contributed by atoms with Crippen molar-refractivity contribution < 1.29 is 21.6 Å². The fourth-order valence-corrected chi connectivity index (χ4v) is 5.85. The molecule has 11 heteroatoms. The van der Waals surface area contributed by atoms with Crippen molar-refractivity contribution in [3.8, 4) is 0 Å². The smallest absolute Gasteiger partial charge is 0.245 e. The van der Waals surface area contributed by atoms with E-state index in [0.717, 1.165) is 10.6 Å². The normalized spacial score (nSPS) is 16.0. The summed E-state index contributed by atoms with van der Waals surface area (Å²) in [5.74, 6) is -0.576. The molecule has 2 aromatic rings. The molecule has 1 saturated heterocycles. The Balaban J connectivity index is 1.77. The molecule has 0 spiro atoms. The number of rotatable bonds is 7. The first-order valence-electron chi connectivity index (χ1n) is 10.1. The van der Waals surface area contributed by atoms with Crippen molar-refractivity contribution in [3.63, 3.8) is 0 Å². The van der Waals surface area contributed by atoms with E-state index in [-0.39, 0.29) is 10.6 Å². The molecular weight excluding hydrogens is 452 g/mol. The molecule has 1 fully saturated rings. The van der Waals surface area contributed by atoms with Crippen molar-refractivity contribution in [1.29, 1.82) is 0 Å². The molecule has 0 unspecified atom stereocenters. The second-order valence-electron chi connectivity index (χ2n) is 7.84. The van der Waals surface area contributed by atoms with Crippen LogP contribution in [0.4, 0.5) is 11.4 Å². The average molecular weight is 481 g/mol. The minimum Gasteiger partial charge on any atom is -0.324 e. The highest BCUT2D eigenvalue weighted by atomic mass is 32.2. The van der Waals surface area contributed by atoms with Gasteiger partial charge >= 0.3 is 0 Å². The van der Waals surface area contributed by atoms with Gasteiger partial charge in [-0.1, -0.05) is 24.3 Å². The highest BCUT2D eigenvalue weighted by molar-refractivity contribution is 7.92. The number of nitrogens with one attached hydrogen (secondary N) is 1. The predicted molar refractivity (Wildman–Crippen MR) is 125 cm³/mol. The van der Waals surface area contributed by atoms with Crippen molar-refractivity contribution in [2.75, 3.05) is 55.6 Å². The number of benzene rings is 2. The quantitative estimate of drug-likeness (QED) is 0.641. The third kappa shape index (κ3) is 5.66. The number of sulfonamides is 2. The average Bonchev–Trinajstić information content (AvgIpc) is 2.72. The van der Waals surface area contributed by atoms with Gasteiger partial charge in [0.15, 0.2) is 0 Å². The van der Waals surface area contributed by atoms with Crippen LogP contribution in [0.3, 0.4) is 0 Å². The van der Waals surface area contributed by atoms with Gasteiger partial charge in [-0.05, 0) is 43.8 Å². The van der Waals surface area contributed by atoms with E-state index in [4.69, 9.17) is 0 Å². The summed E-state index contributed by atoms with van der Waals surface area (Å²) in [6.45, 7) is 3.42. The summed E-state index contributed by atoms with van der Waals surface area (Å²) in [4.78, 5) is 14.8. The zero-order valence-corrected chi connectivity index (χ0v) is 20.0. The van der Waals surface area contributed by atoms with Crippen molar-refractivity contribution >= 4 is 37.3 Å². The summed E-state index contributed by atoms with van der Waals surface area (Å²) in [6, 6.07) is 12.9. The van der Waals surface area contributed by atoms with Crippen LogP contribution in [0.15, 0.2) is 53.4 Å². The maximum absolute atomic E-state index is 13.0. The number of amides is 1. The standard InChI is InChI=1S/C21H28N4O5S2/c1-17-7-4-5-10-20(17)25(31(3,27)28)16-21(26)22-18-8-6-9-19(15-18)32(29,30)24-13-11-23(2)12-14-24/h4-10,15H,11-14,16H2,1-3H3,(H,22,26). The summed E-state index contributed by atoms with van der Waals surface area (Å²) in [6.07, 6.45) is 1.04. The van der Waals surface area contributed by atoms with Crippen LogP contribution in [-0.2, 0) is 24.8 Å². The number of nitrogens with zero attached hydrogens (tertiary/aromatic N) is 3. The molecule has 1 N–H and O–H groups in total. The lowest BCUT2D eigenvalue weighted by atomic mass is 10.2. The summed E-state index contributed by atoms with van der Waals surface area (Å²) in [5, 5.41) is 2.62. The maximum Gasteiger partial charge on any atom is 0.245 e.